The van der Waals surface area contributed by atoms with Crippen LogP contribution in [-0.2, 0) is 10.8 Å². The van der Waals surface area contributed by atoms with Crippen LogP contribution in [0, 0.1) is 0 Å². The van der Waals surface area contributed by atoms with Gasteiger partial charge in [0.15, 0.2) is 0 Å². The van der Waals surface area contributed by atoms with Crippen LogP contribution in [-0.4, -0.2) is 0 Å². The second-order valence-corrected chi connectivity index (χ2v) is 20.2. The number of hydrogen-bond donors (Lipinski definition) is 0. The third kappa shape index (κ3) is 6.22. The first-order valence-electron chi connectivity index (χ1n) is 26.4. The van der Waals surface area contributed by atoms with E-state index in [1.165, 1.54) is 94.8 Å². The third-order valence-electron chi connectivity index (χ3n) is 16.5. The molecule has 1 heterocycles. The molecule has 0 amide bonds. The molecule has 1 aliphatic heterocycles. The summed E-state index contributed by atoms with van der Waals surface area (Å²) < 4.78 is 0. The van der Waals surface area contributed by atoms with Crippen molar-refractivity contribution in [3.05, 3.63) is 348 Å². The summed E-state index contributed by atoms with van der Waals surface area (Å²) in [5.41, 5.74) is 25.3. The molecule has 0 saturated heterocycles. The van der Waals surface area contributed by atoms with Crippen molar-refractivity contribution in [2.24, 2.45) is 0 Å². The number of para-hydroxylation sites is 4. The van der Waals surface area contributed by atoms with Crippen molar-refractivity contribution >= 4 is 34.1 Å². The molecular formula is C74H50N2. The number of hydrogen-bond acceptors (Lipinski definition) is 2. The van der Waals surface area contributed by atoms with Crippen molar-refractivity contribution in [1.82, 2.24) is 0 Å². The number of anilines is 6. The quantitative estimate of drug-likeness (QED) is 0.150. The molecule has 0 N–H and O–H groups in total. The highest BCUT2D eigenvalue weighted by Crippen LogP contribution is 2.66. The Morgan fingerprint density at radius 2 is 0.711 bits per heavy atom. The van der Waals surface area contributed by atoms with E-state index >= 15 is 0 Å². The van der Waals surface area contributed by atoms with Crippen LogP contribution in [0.2, 0.25) is 0 Å². The smallest absolute Gasteiger partial charge is 0.0755 e. The molecule has 356 valence electrons. The van der Waals surface area contributed by atoms with Crippen molar-refractivity contribution in [2.45, 2.75) is 10.8 Å². The van der Waals surface area contributed by atoms with Crippen LogP contribution in [0.4, 0.5) is 34.1 Å². The van der Waals surface area contributed by atoms with Gasteiger partial charge in [-0.05, 0) is 126 Å². The predicted octanol–water partition coefficient (Wildman–Crippen LogP) is 19.0. The molecular weight excluding hydrogens is 917 g/mol. The molecule has 76 heavy (non-hydrogen) atoms. The first-order valence-corrected chi connectivity index (χ1v) is 26.4. The predicted molar refractivity (Wildman–Crippen MR) is 315 cm³/mol. The van der Waals surface area contributed by atoms with Gasteiger partial charge in [-0.25, -0.2) is 0 Å². The zero-order valence-corrected chi connectivity index (χ0v) is 41.8. The molecule has 0 atom stereocenters. The van der Waals surface area contributed by atoms with E-state index in [0.29, 0.717) is 0 Å². The van der Waals surface area contributed by atoms with E-state index in [1.807, 2.05) is 0 Å². The van der Waals surface area contributed by atoms with Gasteiger partial charge in [0, 0.05) is 22.5 Å². The van der Waals surface area contributed by atoms with Crippen LogP contribution in [0.3, 0.4) is 0 Å². The molecule has 0 saturated carbocycles. The lowest BCUT2D eigenvalue weighted by molar-refractivity contribution is 0.752. The number of nitrogens with zero attached hydrogens (tertiary/aromatic N) is 2. The monoisotopic (exact) mass is 966 g/mol. The Kier molecular flexibility index (Phi) is 10.0. The first kappa shape index (κ1) is 43.8. The Bertz CT molecular complexity index is 4090. The highest BCUT2D eigenvalue weighted by molar-refractivity contribution is 6.04. The zero-order valence-electron chi connectivity index (χ0n) is 41.8. The Morgan fingerprint density at radius 3 is 1.36 bits per heavy atom. The van der Waals surface area contributed by atoms with Crippen LogP contribution < -0.4 is 9.80 Å². The van der Waals surface area contributed by atoms with E-state index in [4.69, 9.17) is 0 Å². The average molecular weight is 967 g/mol. The van der Waals surface area contributed by atoms with Crippen molar-refractivity contribution in [3.8, 4) is 44.5 Å². The van der Waals surface area contributed by atoms with E-state index in [-0.39, 0.29) is 0 Å². The maximum absolute atomic E-state index is 2.59. The van der Waals surface area contributed by atoms with Crippen LogP contribution >= 0.6 is 0 Å². The van der Waals surface area contributed by atoms with Gasteiger partial charge in [0.25, 0.3) is 0 Å². The Morgan fingerprint density at radius 1 is 0.263 bits per heavy atom. The molecule has 0 unspecified atom stereocenters. The fourth-order valence-corrected chi connectivity index (χ4v) is 13.6. The summed E-state index contributed by atoms with van der Waals surface area (Å²) in [6.07, 6.45) is 0. The second-order valence-electron chi connectivity index (χ2n) is 20.2. The van der Waals surface area contributed by atoms with Gasteiger partial charge in [0.05, 0.1) is 33.6 Å². The lowest BCUT2D eigenvalue weighted by atomic mass is 9.64. The highest BCUT2D eigenvalue weighted by Gasteiger charge is 2.53. The van der Waals surface area contributed by atoms with Gasteiger partial charge in [-0.15, -0.1) is 0 Å². The van der Waals surface area contributed by atoms with Crippen molar-refractivity contribution in [2.75, 3.05) is 9.80 Å². The molecule has 2 heteroatoms. The van der Waals surface area contributed by atoms with Gasteiger partial charge in [0.2, 0.25) is 0 Å². The fourth-order valence-electron chi connectivity index (χ4n) is 13.6. The lowest BCUT2D eigenvalue weighted by Crippen LogP contribution is -2.36. The number of rotatable bonds is 8. The lowest BCUT2D eigenvalue weighted by Gasteiger charge is -2.45. The SMILES string of the molecule is c1ccc(-c2ccccc2-c2ccccc2N(c2ccc3c(c2)C(c2ccccc2)(c2ccccc2)c2ccccc2-3)c2cccc3c2-c2ccccc2C32c3ccccc3N(c3ccccc3)c3ccccc32)cc1. The minimum Gasteiger partial charge on any atom is -0.310 e. The molecule has 0 bridgehead atoms. The first-order chi connectivity index (χ1) is 37.8. The van der Waals surface area contributed by atoms with Crippen LogP contribution in [0.15, 0.2) is 303 Å². The van der Waals surface area contributed by atoms with E-state index in [9.17, 15) is 0 Å². The van der Waals surface area contributed by atoms with Gasteiger partial charge in [-0.3, -0.25) is 0 Å². The molecule has 12 aromatic rings. The molecule has 0 radical (unpaired) electrons. The summed E-state index contributed by atoms with van der Waals surface area (Å²) in [4.78, 5) is 5.05. The normalized spacial score (nSPS) is 13.7. The van der Waals surface area contributed by atoms with Gasteiger partial charge in [-0.1, -0.05) is 255 Å². The Hall–Kier alpha value is -9.76. The van der Waals surface area contributed by atoms with Crippen molar-refractivity contribution < 1.29 is 0 Å². The topological polar surface area (TPSA) is 6.48 Å². The molecule has 12 aromatic carbocycles. The fraction of sp³-hybridized carbons (Fsp3) is 0.0270. The molecule has 0 fully saturated rings. The molecule has 3 aliphatic rings. The maximum Gasteiger partial charge on any atom is 0.0755 e. The zero-order chi connectivity index (χ0) is 50.2. The van der Waals surface area contributed by atoms with Crippen molar-refractivity contribution in [1.29, 1.82) is 0 Å². The summed E-state index contributed by atoms with van der Waals surface area (Å²) in [6, 6.07) is 113. The van der Waals surface area contributed by atoms with Gasteiger partial charge in [0.1, 0.15) is 0 Å². The summed E-state index contributed by atoms with van der Waals surface area (Å²) in [5.74, 6) is 0. The minimum atomic E-state index is -0.638. The number of fused-ring (bicyclic) bond motifs is 12. The van der Waals surface area contributed by atoms with E-state index in [0.717, 1.165) is 28.3 Å². The maximum atomic E-state index is 2.59. The third-order valence-corrected chi connectivity index (χ3v) is 16.5. The summed E-state index contributed by atoms with van der Waals surface area (Å²) in [6.45, 7) is 0. The Labute approximate surface area is 444 Å². The molecule has 2 nitrogen and oxygen atoms in total. The highest BCUT2D eigenvalue weighted by atomic mass is 15.2. The summed E-state index contributed by atoms with van der Waals surface area (Å²) in [5, 5.41) is 0. The molecule has 2 aliphatic carbocycles. The Balaban J connectivity index is 1.05. The van der Waals surface area contributed by atoms with Gasteiger partial charge in [-0.2, -0.15) is 0 Å². The van der Waals surface area contributed by atoms with E-state index in [1.54, 1.807) is 0 Å². The summed E-state index contributed by atoms with van der Waals surface area (Å²) >= 11 is 0. The van der Waals surface area contributed by atoms with Gasteiger partial charge >= 0.3 is 0 Å². The van der Waals surface area contributed by atoms with E-state index in [2.05, 4.69) is 313 Å². The van der Waals surface area contributed by atoms with Crippen LogP contribution in [0.25, 0.3) is 44.5 Å². The van der Waals surface area contributed by atoms with Crippen molar-refractivity contribution in [3.63, 3.8) is 0 Å². The van der Waals surface area contributed by atoms with Gasteiger partial charge < -0.3 is 9.80 Å². The standard InChI is InChI=1S/C74H50N2/c1-5-26-51(27-6-1)56-34-13-14-35-57(56)60-37-17-22-44-68(60)76(55-48-49-59-58-36-15-18-39-62(58)73(67(59)50-55,52-28-7-2-8-29-52)53-30-9-3-10-31-53)71-47-25-43-66-72(71)61-38-16-19-40-63(61)74(66)64-41-20-23-45-69(64)75(54-32-11-4-12-33-54)70-46-24-21-42-65(70)74/h1-50H. The number of benzene rings is 12. The van der Waals surface area contributed by atoms with Crippen LogP contribution in [0.1, 0.15) is 44.5 Å². The largest absolute Gasteiger partial charge is 0.310 e. The summed E-state index contributed by atoms with van der Waals surface area (Å²) in [7, 11) is 0. The van der Waals surface area contributed by atoms with E-state index < -0.39 is 10.8 Å². The average Bonchev–Trinajstić information content (AvgIpc) is 4.07. The molecule has 0 aromatic heterocycles. The molecule has 15 rings (SSSR count). The second kappa shape index (κ2) is 17.4. The molecule has 1 spiro atoms. The van der Waals surface area contributed by atoms with Crippen LogP contribution in [0.5, 0.6) is 0 Å². The minimum absolute atomic E-state index is 0.592.